The molecule has 0 spiro atoms. The van der Waals surface area contributed by atoms with Crippen LogP contribution in [0.3, 0.4) is 0 Å². The molecule has 2 aromatic heterocycles. The number of aliphatic hydroxyl groups excluding tert-OH is 5. The van der Waals surface area contributed by atoms with Gasteiger partial charge in [0, 0.05) is 0 Å². The highest BCUT2D eigenvalue weighted by Gasteiger charge is 2.47. The minimum Gasteiger partial charge on any atom is -0.756 e. The van der Waals surface area contributed by atoms with Crippen molar-refractivity contribution in [3.8, 4) is 12.3 Å². The predicted molar refractivity (Wildman–Crippen MR) is 117 cm³/mol. The van der Waals surface area contributed by atoms with Gasteiger partial charge in [-0.15, -0.1) is 6.42 Å². The third-order valence-electron chi connectivity index (χ3n) is 5.63. The van der Waals surface area contributed by atoms with E-state index in [0.29, 0.717) is 0 Å². The van der Waals surface area contributed by atoms with Crippen LogP contribution in [0.2, 0.25) is 0 Å². The molecule has 11 atom stereocenters. The Hall–Kier alpha value is -2.31. The summed E-state index contributed by atoms with van der Waals surface area (Å²) in [6, 6.07) is 0. The van der Waals surface area contributed by atoms with Crippen molar-refractivity contribution in [3.05, 3.63) is 16.7 Å². The number of nitrogens with zero attached hydrogens (tertiary/aromatic N) is 3. The molecule has 4 rings (SSSR count). The zero-order chi connectivity index (χ0) is 28.9. The van der Waals surface area contributed by atoms with Gasteiger partial charge in [0.1, 0.15) is 42.7 Å². The van der Waals surface area contributed by atoms with Gasteiger partial charge in [-0.1, -0.05) is 5.92 Å². The number of anilines is 1. The van der Waals surface area contributed by atoms with Gasteiger partial charge in [0.05, 0.1) is 12.9 Å². The van der Waals surface area contributed by atoms with Crippen LogP contribution in [0.4, 0.5) is 5.95 Å². The molecular formula is C17H21N5O15P2-2. The third-order valence-corrected chi connectivity index (χ3v) is 8.16. The van der Waals surface area contributed by atoms with Gasteiger partial charge >= 0.3 is 0 Å². The molecule has 2 aliphatic rings. The molecule has 39 heavy (non-hydrogen) atoms. The molecule has 0 saturated carbocycles. The molecule has 2 aromatic rings. The quantitative estimate of drug-likeness (QED) is 0.110. The van der Waals surface area contributed by atoms with Crippen LogP contribution in [-0.4, -0.2) is 101 Å². The number of imidazole rings is 1. The van der Waals surface area contributed by atoms with Gasteiger partial charge in [-0.2, -0.15) is 4.98 Å². The summed E-state index contributed by atoms with van der Waals surface area (Å²) in [4.78, 5) is 46.1. The number of nitrogens with two attached hydrogens (primary N) is 1. The summed E-state index contributed by atoms with van der Waals surface area (Å²) in [5.74, 6) is 1.58. The zero-order valence-corrected chi connectivity index (χ0v) is 21.0. The van der Waals surface area contributed by atoms with Gasteiger partial charge in [-0.05, 0) is 0 Å². The number of rotatable bonds is 8. The molecule has 4 heterocycles. The van der Waals surface area contributed by atoms with Crippen LogP contribution in [0.5, 0.6) is 0 Å². The number of terminal acetylenes is 1. The highest BCUT2D eigenvalue weighted by Crippen LogP contribution is 2.57. The van der Waals surface area contributed by atoms with Crippen molar-refractivity contribution in [1.82, 2.24) is 19.5 Å². The van der Waals surface area contributed by atoms with Gasteiger partial charge in [-0.3, -0.25) is 28.0 Å². The molecule has 0 radical (unpaired) electrons. The number of H-pyrrole nitrogens is 1. The molecule has 2 unspecified atom stereocenters. The van der Waals surface area contributed by atoms with E-state index in [4.69, 9.17) is 21.6 Å². The van der Waals surface area contributed by atoms with Crippen molar-refractivity contribution in [3.63, 3.8) is 0 Å². The lowest BCUT2D eigenvalue weighted by Crippen LogP contribution is -2.57. The van der Waals surface area contributed by atoms with E-state index in [2.05, 4.69) is 28.3 Å². The summed E-state index contributed by atoms with van der Waals surface area (Å²) < 4.78 is 48.2. The first-order valence-electron chi connectivity index (χ1n) is 10.7. The number of aromatic amines is 1. The maximum Gasteiger partial charge on any atom is 0.280 e. The second-order valence-electron chi connectivity index (χ2n) is 8.26. The van der Waals surface area contributed by atoms with Gasteiger partial charge in [0.2, 0.25) is 5.95 Å². The number of hydrogen-bond acceptors (Lipinski definition) is 18. The van der Waals surface area contributed by atoms with Crippen LogP contribution in [0.1, 0.15) is 6.23 Å². The number of phosphoric acid groups is 2. The van der Waals surface area contributed by atoms with E-state index in [1.54, 1.807) is 0 Å². The molecule has 20 nitrogen and oxygen atoms in total. The summed E-state index contributed by atoms with van der Waals surface area (Å²) in [6.07, 6.45) is -10.3. The molecule has 0 bridgehead atoms. The van der Waals surface area contributed by atoms with E-state index in [0.717, 1.165) is 10.9 Å². The van der Waals surface area contributed by atoms with Crippen LogP contribution in [-0.2, 0) is 32.0 Å². The standard InChI is InChI=1S/C17H23N5O15P2/c1-2-5-8(23)10(25)12(27)16(35-5)36-39(31,32)37-38(29,30)33-3-6-9(24)11(26)15(34-6)22-4-19-7-13(22)20-17(18)21-14(7)28/h1,4-6,8-12,15-16,23-27H,3H2,(H,29,30)(H,31,32)(H3,18,20,21,28)/p-2/t5-,6+,8+,9+,10+,11+,12-,15+,16+/m0/s1. The lowest BCUT2D eigenvalue weighted by molar-refractivity contribution is -0.294. The first kappa shape index (κ1) is 29.7. The summed E-state index contributed by atoms with van der Waals surface area (Å²) in [5, 5.41) is 50.0. The number of phosphoric ester groups is 2. The Kier molecular flexibility index (Phi) is 8.31. The highest BCUT2D eigenvalue weighted by atomic mass is 31.3. The summed E-state index contributed by atoms with van der Waals surface area (Å²) in [6.45, 7) is -1.08. The maximum atomic E-state index is 12.1. The van der Waals surface area contributed by atoms with Crippen molar-refractivity contribution >= 4 is 32.8 Å². The Morgan fingerprint density at radius 1 is 1.10 bits per heavy atom. The average molecular weight is 597 g/mol. The fourth-order valence-corrected chi connectivity index (χ4v) is 5.84. The number of nitrogens with one attached hydrogen (secondary N) is 1. The normalized spacial score (nSPS) is 36.3. The molecule has 2 saturated heterocycles. The summed E-state index contributed by atoms with van der Waals surface area (Å²) in [7, 11) is -11.7. The van der Waals surface area contributed by atoms with E-state index in [1.165, 1.54) is 0 Å². The zero-order valence-electron chi connectivity index (χ0n) is 19.2. The molecule has 2 aliphatic heterocycles. The Morgan fingerprint density at radius 3 is 2.46 bits per heavy atom. The number of aromatic nitrogens is 4. The molecule has 2 fully saturated rings. The Balaban J connectivity index is 1.40. The molecular weight excluding hydrogens is 576 g/mol. The number of hydrogen-bond donors (Lipinski definition) is 7. The Morgan fingerprint density at radius 2 is 1.79 bits per heavy atom. The maximum absolute atomic E-state index is 12.1. The third kappa shape index (κ3) is 6.07. The van der Waals surface area contributed by atoms with E-state index < -0.39 is 83.1 Å². The molecule has 216 valence electrons. The lowest BCUT2D eigenvalue weighted by atomic mass is 10.00. The van der Waals surface area contributed by atoms with Gasteiger partial charge in [0.15, 0.2) is 23.7 Å². The smallest absolute Gasteiger partial charge is 0.280 e. The van der Waals surface area contributed by atoms with E-state index in [-0.39, 0.29) is 17.1 Å². The minimum atomic E-state index is -5.90. The number of fused-ring (bicyclic) bond motifs is 1. The van der Waals surface area contributed by atoms with E-state index in [9.17, 15) is 49.2 Å². The van der Waals surface area contributed by atoms with Crippen LogP contribution >= 0.6 is 15.6 Å². The second-order valence-corrected chi connectivity index (χ2v) is 11.2. The fraction of sp³-hybridized carbons (Fsp3) is 0.588. The van der Waals surface area contributed by atoms with Crippen LogP contribution in [0.25, 0.3) is 11.2 Å². The molecule has 8 N–H and O–H groups in total. The van der Waals surface area contributed by atoms with Crippen molar-refractivity contribution in [2.24, 2.45) is 0 Å². The van der Waals surface area contributed by atoms with E-state index in [1.807, 2.05) is 5.92 Å². The summed E-state index contributed by atoms with van der Waals surface area (Å²) in [5.41, 5.74) is 4.49. The average Bonchev–Trinajstić information content (AvgIpc) is 3.38. The topological polar surface area (TPSA) is 317 Å². The van der Waals surface area contributed by atoms with Crippen LogP contribution in [0.15, 0.2) is 11.1 Å². The van der Waals surface area contributed by atoms with Crippen molar-refractivity contribution < 1.29 is 67.3 Å². The minimum absolute atomic E-state index is 0.131. The van der Waals surface area contributed by atoms with Gasteiger partial charge in [-0.25, -0.2) is 9.29 Å². The number of nitrogen functional groups attached to an aromatic ring is 1. The van der Waals surface area contributed by atoms with E-state index >= 15 is 0 Å². The second kappa shape index (κ2) is 10.9. The van der Waals surface area contributed by atoms with Crippen molar-refractivity contribution in [2.45, 2.75) is 55.2 Å². The first-order valence-corrected chi connectivity index (χ1v) is 13.6. The SMILES string of the molecule is C#C[C@@H]1O[C@H](OP(=O)([O-])OP(=O)([O-])OC[C@H]2O[C@@H](n3cnc4c(=O)[nH]c(N)nc43)[C@H](O)[C@@H]2O)[C@@H](O)[C@H](O)[C@@H]1O. The Bertz CT molecular complexity index is 1410. The summed E-state index contributed by atoms with van der Waals surface area (Å²) >= 11 is 0. The first-order chi connectivity index (χ1) is 18.1. The number of ether oxygens (including phenoxy) is 2. The van der Waals surface area contributed by atoms with Crippen molar-refractivity contribution in [1.29, 1.82) is 0 Å². The molecule has 0 aromatic carbocycles. The largest absolute Gasteiger partial charge is 0.756 e. The predicted octanol–water partition coefficient (Wildman–Crippen LogP) is -5.25. The van der Waals surface area contributed by atoms with Gasteiger partial charge < -0.3 is 55.1 Å². The molecule has 22 heteroatoms. The molecule has 0 amide bonds. The number of aliphatic hydroxyl groups is 5. The Labute approximate surface area is 216 Å². The molecule has 0 aliphatic carbocycles. The van der Waals surface area contributed by atoms with Crippen molar-refractivity contribution in [2.75, 3.05) is 12.3 Å². The highest BCUT2D eigenvalue weighted by molar-refractivity contribution is 7.59. The van der Waals surface area contributed by atoms with Gasteiger partial charge in [0.25, 0.3) is 21.2 Å². The fourth-order valence-electron chi connectivity index (χ4n) is 3.76. The van der Waals surface area contributed by atoms with Crippen LogP contribution < -0.4 is 21.1 Å². The van der Waals surface area contributed by atoms with Crippen LogP contribution in [0, 0.1) is 12.3 Å². The lowest BCUT2D eigenvalue weighted by Gasteiger charge is -2.41. The monoisotopic (exact) mass is 597 g/mol.